The van der Waals surface area contributed by atoms with E-state index in [-0.39, 0.29) is 34.4 Å². The molecule has 2 aromatic carbocycles. The molecule has 3 nitrogen and oxygen atoms in total. The lowest BCUT2D eigenvalue weighted by atomic mass is 9.88. The summed E-state index contributed by atoms with van der Waals surface area (Å²) >= 11 is 0. The Morgan fingerprint density at radius 1 is 1.00 bits per heavy atom. The van der Waals surface area contributed by atoms with Crippen LogP contribution in [0.4, 0.5) is 0 Å². The Morgan fingerprint density at radius 2 is 1.70 bits per heavy atom. The molecule has 1 aliphatic rings. The number of hydrogen-bond acceptors (Lipinski definition) is 3. The van der Waals surface area contributed by atoms with Gasteiger partial charge in [-0.25, -0.2) is 0 Å². The number of aromatic hydroxyl groups is 2. The van der Waals surface area contributed by atoms with Crippen LogP contribution in [0.3, 0.4) is 0 Å². The van der Waals surface area contributed by atoms with Crippen LogP contribution in [0, 0.1) is 0 Å². The van der Waals surface area contributed by atoms with E-state index in [2.05, 4.69) is 17.4 Å². The highest BCUT2D eigenvalue weighted by molar-refractivity contribution is 5.50. The Hall–Kier alpha value is -1.52. The molecule has 20 heavy (non-hydrogen) atoms. The number of phenols is 2. The molecule has 1 aliphatic heterocycles. The van der Waals surface area contributed by atoms with Gasteiger partial charge in [0.05, 0.1) is 0 Å². The van der Waals surface area contributed by atoms with Crippen molar-refractivity contribution in [2.24, 2.45) is 0 Å². The number of phenolic OH excluding ortho intramolecular Hbond substituents is 2. The summed E-state index contributed by atoms with van der Waals surface area (Å²) in [7, 11) is 0. The van der Waals surface area contributed by atoms with Gasteiger partial charge in [-0.1, -0.05) is 30.3 Å². The third-order valence-corrected chi connectivity index (χ3v) is 3.73. The summed E-state index contributed by atoms with van der Waals surface area (Å²) in [5, 5.41) is 22.8. The van der Waals surface area contributed by atoms with Gasteiger partial charge in [0.1, 0.15) is 0 Å². The number of fused-ring (bicyclic) bond motifs is 1. The van der Waals surface area contributed by atoms with Crippen LogP contribution < -0.4 is 22.3 Å². The molecule has 1 unspecified atom stereocenters. The molecule has 2 aromatic rings. The SMILES string of the molecule is Oc1cc2c(cc1O)C(c1ccccc1)CNCC2.[Br-]. The maximum Gasteiger partial charge on any atom is 0.157 e. The average Bonchev–Trinajstić information content (AvgIpc) is 2.63. The van der Waals surface area contributed by atoms with Gasteiger partial charge in [0, 0.05) is 12.5 Å². The lowest BCUT2D eigenvalue weighted by molar-refractivity contribution is -0.00000560. The largest absolute Gasteiger partial charge is 1.00 e. The van der Waals surface area contributed by atoms with E-state index < -0.39 is 0 Å². The van der Waals surface area contributed by atoms with Crippen molar-refractivity contribution in [2.75, 3.05) is 13.1 Å². The monoisotopic (exact) mass is 334 g/mol. The van der Waals surface area contributed by atoms with Gasteiger partial charge < -0.3 is 32.5 Å². The van der Waals surface area contributed by atoms with Gasteiger partial charge in [-0.15, -0.1) is 0 Å². The minimum Gasteiger partial charge on any atom is -1.00 e. The molecule has 3 N–H and O–H groups in total. The van der Waals surface area contributed by atoms with Gasteiger partial charge in [0.2, 0.25) is 0 Å². The lowest BCUT2D eigenvalue weighted by Crippen LogP contribution is -3.00. The summed E-state index contributed by atoms with van der Waals surface area (Å²) in [6.45, 7) is 1.74. The Morgan fingerprint density at radius 3 is 2.45 bits per heavy atom. The van der Waals surface area contributed by atoms with Gasteiger partial charge >= 0.3 is 0 Å². The number of halogens is 1. The van der Waals surface area contributed by atoms with Gasteiger partial charge in [-0.05, 0) is 41.8 Å². The molecular weight excluding hydrogens is 318 g/mol. The number of rotatable bonds is 1. The molecule has 0 saturated carbocycles. The molecule has 0 amide bonds. The topological polar surface area (TPSA) is 52.5 Å². The smallest absolute Gasteiger partial charge is 0.157 e. The number of nitrogens with one attached hydrogen (secondary N) is 1. The molecule has 0 bridgehead atoms. The van der Waals surface area contributed by atoms with Crippen LogP contribution in [0.15, 0.2) is 42.5 Å². The molecule has 0 radical (unpaired) electrons. The van der Waals surface area contributed by atoms with E-state index in [9.17, 15) is 10.2 Å². The number of hydrogen-bond donors (Lipinski definition) is 3. The molecular formula is C16H17BrNO2-. The standard InChI is InChI=1S/C16H17NO2.BrH/c18-15-8-12-6-7-17-10-14(13(12)9-16(15)19)11-4-2-1-3-5-11;/h1-5,8-9,14,17-19H,6-7,10H2;1H/p-1. The summed E-state index contributed by atoms with van der Waals surface area (Å²) < 4.78 is 0. The first-order valence-electron chi connectivity index (χ1n) is 6.56. The van der Waals surface area contributed by atoms with E-state index in [4.69, 9.17) is 0 Å². The van der Waals surface area contributed by atoms with Gasteiger partial charge in [-0.3, -0.25) is 0 Å². The van der Waals surface area contributed by atoms with Crippen LogP contribution >= 0.6 is 0 Å². The second-order valence-corrected chi connectivity index (χ2v) is 4.96. The predicted octanol–water partition coefficient (Wildman–Crippen LogP) is -0.621. The lowest BCUT2D eigenvalue weighted by Gasteiger charge is -2.18. The Labute approximate surface area is 129 Å². The minimum absolute atomic E-state index is 0. The Kier molecular flexibility index (Phi) is 4.68. The molecule has 1 atom stereocenters. The first-order chi connectivity index (χ1) is 9.25. The molecule has 1 heterocycles. The van der Waals surface area contributed by atoms with Crippen LogP contribution in [0.2, 0.25) is 0 Å². The highest BCUT2D eigenvalue weighted by Gasteiger charge is 2.21. The van der Waals surface area contributed by atoms with E-state index in [0.717, 1.165) is 30.6 Å². The van der Waals surface area contributed by atoms with Crippen molar-refractivity contribution in [3.05, 3.63) is 59.2 Å². The van der Waals surface area contributed by atoms with Crippen molar-refractivity contribution in [1.82, 2.24) is 5.32 Å². The Balaban J connectivity index is 0.00000147. The van der Waals surface area contributed by atoms with Crippen LogP contribution in [0.1, 0.15) is 22.6 Å². The fraction of sp³-hybridized carbons (Fsp3) is 0.250. The van der Waals surface area contributed by atoms with E-state index in [1.54, 1.807) is 12.1 Å². The molecule has 106 valence electrons. The van der Waals surface area contributed by atoms with Gasteiger partial charge in [0.15, 0.2) is 11.5 Å². The fourth-order valence-electron chi connectivity index (χ4n) is 2.74. The molecule has 0 aromatic heterocycles. The highest BCUT2D eigenvalue weighted by Crippen LogP contribution is 2.36. The summed E-state index contributed by atoms with van der Waals surface area (Å²) in [5.41, 5.74) is 3.43. The van der Waals surface area contributed by atoms with Crippen LogP contribution in [0.5, 0.6) is 11.5 Å². The first kappa shape index (κ1) is 14.9. The molecule has 0 aliphatic carbocycles. The molecule has 0 saturated heterocycles. The predicted molar refractivity (Wildman–Crippen MR) is 74.6 cm³/mol. The first-order valence-corrected chi connectivity index (χ1v) is 6.56. The van der Waals surface area contributed by atoms with Gasteiger partial charge in [-0.2, -0.15) is 0 Å². The maximum atomic E-state index is 9.76. The zero-order valence-corrected chi connectivity index (χ0v) is 12.6. The summed E-state index contributed by atoms with van der Waals surface area (Å²) in [5.74, 6) is 0.138. The zero-order chi connectivity index (χ0) is 13.2. The van der Waals surface area contributed by atoms with Crippen molar-refractivity contribution in [3.8, 4) is 11.5 Å². The molecule has 3 rings (SSSR count). The third kappa shape index (κ3) is 2.81. The van der Waals surface area contributed by atoms with E-state index >= 15 is 0 Å². The van der Waals surface area contributed by atoms with Crippen molar-refractivity contribution in [2.45, 2.75) is 12.3 Å². The average molecular weight is 335 g/mol. The van der Waals surface area contributed by atoms with E-state index in [1.165, 1.54) is 5.56 Å². The van der Waals surface area contributed by atoms with E-state index in [1.807, 2.05) is 18.2 Å². The summed E-state index contributed by atoms with van der Waals surface area (Å²) in [6, 6.07) is 13.7. The van der Waals surface area contributed by atoms with Crippen molar-refractivity contribution >= 4 is 0 Å². The highest BCUT2D eigenvalue weighted by atomic mass is 79.9. The minimum atomic E-state index is -0.0402. The van der Waals surface area contributed by atoms with E-state index in [0.29, 0.717) is 0 Å². The van der Waals surface area contributed by atoms with Crippen molar-refractivity contribution in [1.29, 1.82) is 0 Å². The molecule has 0 fully saturated rings. The van der Waals surface area contributed by atoms with Crippen molar-refractivity contribution < 1.29 is 27.2 Å². The van der Waals surface area contributed by atoms with Gasteiger partial charge in [0.25, 0.3) is 0 Å². The fourth-order valence-corrected chi connectivity index (χ4v) is 2.74. The second-order valence-electron chi connectivity index (χ2n) is 4.96. The van der Waals surface area contributed by atoms with Crippen LogP contribution in [0.25, 0.3) is 0 Å². The zero-order valence-electron chi connectivity index (χ0n) is 11.0. The number of benzene rings is 2. The molecule has 4 heteroatoms. The quantitative estimate of drug-likeness (QED) is 0.609. The third-order valence-electron chi connectivity index (χ3n) is 3.73. The molecule has 0 spiro atoms. The Bertz CT molecular complexity index is 587. The summed E-state index contributed by atoms with van der Waals surface area (Å²) in [6.07, 6.45) is 0.868. The normalized spacial score (nSPS) is 17.7. The van der Waals surface area contributed by atoms with Crippen LogP contribution in [-0.2, 0) is 6.42 Å². The maximum absolute atomic E-state index is 9.76. The van der Waals surface area contributed by atoms with Crippen molar-refractivity contribution in [3.63, 3.8) is 0 Å². The van der Waals surface area contributed by atoms with Crippen LogP contribution in [-0.4, -0.2) is 23.3 Å². The second kappa shape index (κ2) is 6.29. The summed E-state index contributed by atoms with van der Waals surface area (Å²) in [4.78, 5) is 0.